The maximum atomic E-state index is 14.0. The van der Waals surface area contributed by atoms with Gasteiger partial charge < -0.3 is 25.7 Å². The first-order valence-electron chi connectivity index (χ1n) is 17.9. The molecule has 0 radical (unpaired) electrons. The van der Waals surface area contributed by atoms with Gasteiger partial charge in [0.2, 0.25) is 5.91 Å². The highest BCUT2D eigenvalue weighted by Gasteiger charge is 2.57. The maximum absolute atomic E-state index is 14.0. The van der Waals surface area contributed by atoms with Crippen molar-refractivity contribution in [2.75, 3.05) is 27.2 Å². The van der Waals surface area contributed by atoms with Crippen LogP contribution in [0.2, 0.25) is 0 Å². The minimum Gasteiger partial charge on any atom is -0.394 e. The van der Waals surface area contributed by atoms with Crippen LogP contribution >= 0.6 is 0 Å². The summed E-state index contributed by atoms with van der Waals surface area (Å²) in [7, 11) is 4.03. The zero-order chi connectivity index (χ0) is 34.9. The molecule has 1 saturated heterocycles. The molecule has 264 valence electrons. The Balaban J connectivity index is 1.32. The van der Waals surface area contributed by atoms with Gasteiger partial charge in [0.1, 0.15) is 12.1 Å². The lowest BCUT2D eigenvalue weighted by atomic mass is 9.45. The second-order valence-corrected chi connectivity index (χ2v) is 16.1. The van der Waals surface area contributed by atoms with E-state index >= 15 is 0 Å². The topological polar surface area (TPSA) is 114 Å². The molecule has 48 heavy (non-hydrogen) atoms. The lowest BCUT2D eigenvalue weighted by Gasteiger charge is -2.62. The summed E-state index contributed by atoms with van der Waals surface area (Å²) in [6.07, 6.45) is 1.54. The number of hydrogen-bond acceptors (Lipinski definition) is 7. The van der Waals surface area contributed by atoms with Crippen LogP contribution < -0.4 is 10.6 Å². The fraction of sp³-hybridized carbons (Fsp3) is 0.641. The lowest BCUT2D eigenvalue weighted by Crippen LogP contribution is -2.62. The average molecular weight is 663 g/mol. The molecular weight excluding hydrogens is 604 g/mol. The number of rotatable bonds is 13. The molecule has 4 N–H and O–H groups in total. The van der Waals surface area contributed by atoms with Crippen LogP contribution in [0.1, 0.15) is 76.7 Å². The van der Waals surface area contributed by atoms with Crippen molar-refractivity contribution in [3.63, 3.8) is 0 Å². The third kappa shape index (κ3) is 7.81. The van der Waals surface area contributed by atoms with Crippen molar-refractivity contribution < 1.29 is 24.6 Å². The number of carbonyl (C=O) groups excluding carboxylic acids is 2. The van der Waals surface area contributed by atoms with E-state index in [4.69, 9.17) is 4.84 Å². The molecule has 4 fully saturated rings. The molecule has 9 nitrogen and oxygen atoms in total. The second-order valence-electron chi connectivity index (χ2n) is 16.1. The fourth-order valence-corrected chi connectivity index (χ4v) is 8.81. The van der Waals surface area contributed by atoms with Crippen molar-refractivity contribution in [1.29, 1.82) is 0 Å². The van der Waals surface area contributed by atoms with Crippen molar-refractivity contribution in [2.45, 2.75) is 97.7 Å². The first-order valence-corrected chi connectivity index (χ1v) is 17.9. The van der Waals surface area contributed by atoms with Crippen LogP contribution in [0.25, 0.3) is 11.1 Å². The average Bonchev–Trinajstić information content (AvgIpc) is 3.39. The summed E-state index contributed by atoms with van der Waals surface area (Å²) in [5.74, 6) is 1.19. The van der Waals surface area contributed by atoms with Crippen molar-refractivity contribution in [1.82, 2.24) is 20.6 Å². The molecule has 2 amide bonds. The summed E-state index contributed by atoms with van der Waals surface area (Å²) in [4.78, 5) is 35.7. The standard InChI is InChI=1S/C39H58N4O5/c1-23(2)15-31(21-42(7)8)40-37(46)29-14-10-13-28(17-29)27-12-9-11-26(16-27)20-43-36(35(25(4)45)34(22-44)48-43)38(47)41-33-19-30-18-32(24(33)3)39(30,5)6/h9-14,16-17,23-25,30-36,44-45H,15,18-22H2,1-8H3,(H,40,46)(H,41,47)/t24-,25-,30?,31+,32?,33-,34-,35+,36-/m0/s1. The van der Waals surface area contributed by atoms with Crippen LogP contribution in [0, 0.1) is 35.0 Å². The van der Waals surface area contributed by atoms with Crippen molar-refractivity contribution >= 4 is 11.8 Å². The Kier molecular flexibility index (Phi) is 11.4. The number of nitrogens with zero attached hydrogens (tertiary/aromatic N) is 2. The largest absolute Gasteiger partial charge is 0.394 e. The molecule has 6 rings (SSSR count). The smallest absolute Gasteiger partial charge is 0.251 e. The van der Waals surface area contributed by atoms with Crippen LogP contribution in [0.15, 0.2) is 48.5 Å². The highest BCUT2D eigenvalue weighted by molar-refractivity contribution is 5.95. The van der Waals surface area contributed by atoms with E-state index in [2.05, 4.69) is 50.2 Å². The minimum atomic E-state index is -0.850. The lowest BCUT2D eigenvalue weighted by molar-refractivity contribution is -0.183. The second kappa shape index (κ2) is 15.0. The quantitative estimate of drug-likeness (QED) is 0.246. The van der Waals surface area contributed by atoms with Crippen LogP contribution in [0.3, 0.4) is 0 Å². The van der Waals surface area contributed by atoms with Crippen molar-refractivity contribution in [2.24, 2.45) is 35.0 Å². The molecule has 0 spiro atoms. The molecule has 2 aromatic rings. The zero-order valence-electron chi connectivity index (χ0n) is 30.1. The molecule has 9 heteroatoms. The van der Waals surface area contributed by atoms with Gasteiger partial charge in [-0.1, -0.05) is 65.0 Å². The molecule has 0 aromatic heterocycles. The van der Waals surface area contributed by atoms with Crippen LogP contribution in [-0.2, 0) is 16.2 Å². The Morgan fingerprint density at radius 1 is 1.06 bits per heavy atom. The molecule has 2 unspecified atom stereocenters. The Hall–Kier alpha value is -2.82. The maximum Gasteiger partial charge on any atom is 0.251 e. The number of likely N-dealkylation sites (N-methyl/N-ethyl adjacent to an activating group) is 1. The number of fused-ring (bicyclic) bond motifs is 2. The van der Waals surface area contributed by atoms with Crippen molar-refractivity contribution in [3.05, 3.63) is 59.7 Å². The number of benzene rings is 2. The summed E-state index contributed by atoms with van der Waals surface area (Å²) in [6.45, 7) is 13.7. The van der Waals surface area contributed by atoms with E-state index in [1.54, 1.807) is 12.0 Å². The number of nitrogens with one attached hydrogen (secondary N) is 2. The van der Waals surface area contributed by atoms with Gasteiger partial charge in [-0.05, 0) is 104 Å². The summed E-state index contributed by atoms with van der Waals surface area (Å²) in [5.41, 5.74) is 3.69. The van der Waals surface area contributed by atoms with E-state index in [9.17, 15) is 19.8 Å². The van der Waals surface area contributed by atoms with Gasteiger partial charge in [0.05, 0.1) is 19.3 Å². The zero-order valence-corrected chi connectivity index (χ0v) is 30.1. The van der Waals surface area contributed by atoms with E-state index in [-0.39, 0.29) is 30.5 Å². The third-order valence-corrected chi connectivity index (χ3v) is 11.5. The van der Waals surface area contributed by atoms with Gasteiger partial charge >= 0.3 is 0 Å². The van der Waals surface area contributed by atoms with Gasteiger partial charge in [-0.15, -0.1) is 0 Å². The highest BCUT2D eigenvalue weighted by Crippen LogP contribution is 2.61. The van der Waals surface area contributed by atoms with E-state index in [0.29, 0.717) is 41.2 Å². The van der Waals surface area contributed by atoms with Gasteiger partial charge in [0, 0.05) is 30.1 Å². The highest BCUT2D eigenvalue weighted by atomic mass is 16.7. The van der Waals surface area contributed by atoms with Gasteiger partial charge in [-0.3, -0.25) is 14.4 Å². The van der Waals surface area contributed by atoms with Crippen LogP contribution in [0.4, 0.5) is 0 Å². The molecule has 1 aliphatic heterocycles. The molecule has 3 saturated carbocycles. The molecule has 1 heterocycles. The first kappa shape index (κ1) is 36.5. The van der Waals surface area contributed by atoms with Gasteiger partial charge in [0.15, 0.2) is 0 Å². The van der Waals surface area contributed by atoms with Gasteiger partial charge in [-0.25, -0.2) is 0 Å². The number of carbonyl (C=O) groups is 2. The van der Waals surface area contributed by atoms with Crippen LogP contribution in [0.5, 0.6) is 0 Å². The van der Waals surface area contributed by atoms with Gasteiger partial charge in [0.25, 0.3) is 5.91 Å². The Morgan fingerprint density at radius 2 is 1.75 bits per heavy atom. The van der Waals surface area contributed by atoms with E-state index in [0.717, 1.165) is 36.1 Å². The summed E-state index contributed by atoms with van der Waals surface area (Å²) in [5, 5.41) is 29.2. The number of amides is 2. The predicted octanol–water partition coefficient (Wildman–Crippen LogP) is 4.72. The molecular formula is C39H58N4O5. The van der Waals surface area contributed by atoms with Crippen LogP contribution in [-0.4, -0.2) is 89.6 Å². The van der Waals surface area contributed by atoms with E-state index in [1.165, 1.54) is 6.42 Å². The normalized spacial score (nSPS) is 29.4. The summed E-state index contributed by atoms with van der Waals surface area (Å²) >= 11 is 0. The SMILES string of the molecule is CC(C)C[C@H](CN(C)C)NC(=O)c1cccc(-c2cccc(CN3O[C@@H](CO)[C@@H]([C@H](C)O)[C@H]3C(=O)N[C@H]3CC4CC([C@@H]3C)C4(C)C)c2)c1. The molecule has 9 atom stereocenters. The minimum absolute atomic E-state index is 0.0529. The number of aliphatic hydroxyl groups excluding tert-OH is 2. The van der Waals surface area contributed by atoms with E-state index < -0.39 is 24.2 Å². The molecule has 3 aliphatic carbocycles. The van der Waals surface area contributed by atoms with E-state index in [1.807, 2.05) is 62.6 Å². The molecule has 4 aliphatic rings. The summed E-state index contributed by atoms with van der Waals surface area (Å²) in [6, 6.07) is 15.0. The molecule has 2 aromatic carbocycles. The number of hydrogen-bond donors (Lipinski definition) is 4. The third-order valence-electron chi connectivity index (χ3n) is 11.5. The number of aliphatic hydroxyl groups is 2. The Bertz CT molecular complexity index is 1420. The molecule has 2 bridgehead atoms. The number of hydroxylamine groups is 2. The monoisotopic (exact) mass is 662 g/mol. The predicted molar refractivity (Wildman–Crippen MR) is 189 cm³/mol. The Morgan fingerprint density at radius 3 is 2.35 bits per heavy atom. The Labute approximate surface area is 287 Å². The van der Waals surface area contributed by atoms with Gasteiger partial charge in [-0.2, -0.15) is 5.06 Å². The fourth-order valence-electron chi connectivity index (χ4n) is 8.81. The van der Waals surface area contributed by atoms with Crippen molar-refractivity contribution in [3.8, 4) is 11.1 Å². The summed E-state index contributed by atoms with van der Waals surface area (Å²) < 4.78 is 0. The first-order chi connectivity index (χ1) is 22.7.